The largest absolute Gasteiger partial charge is 0.347 e. The van der Waals surface area contributed by atoms with Crippen molar-refractivity contribution in [3.8, 4) is 0 Å². The van der Waals surface area contributed by atoms with Crippen molar-refractivity contribution in [2.24, 2.45) is 17.8 Å². The Labute approximate surface area is 123 Å². The number of hydrogen-bond donors (Lipinski definition) is 1. The Morgan fingerprint density at radius 2 is 1.71 bits per heavy atom. The van der Waals surface area contributed by atoms with Gasteiger partial charge in [0.05, 0.1) is 6.54 Å². The molecule has 0 bridgehead atoms. The minimum absolute atomic E-state index is 0.139. The second-order valence-corrected chi connectivity index (χ2v) is 6.67. The van der Waals surface area contributed by atoms with E-state index in [0.29, 0.717) is 11.8 Å². The first kappa shape index (κ1) is 14.7. The van der Waals surface area contributed by atoms with Gasteiger partial charge >= 0.3 is 0 Å². The van der Waals surface area contributed by atoms with Gasteiger partial charge in [0, 0.05) is 19.5 Å². The van der Waals surface area contributed by atoms with Crippen LogP contribution in [0.5, 0.6) is 0 Å². The lowest BCUT2D eigenvalue weighted by Crippen LogP contribution is -2.50. The van der Waals surface area contributed by atoms with Crippen LogP contribution in [0.3, 0.4) is 0 Å². The average Bonchev–Trinajstić information content (AvgIpc) is 2.87. The molecule has 2 amide bonds. The van der Waals surface area contributed by atoms with Crippen LogP contribution >= 0.6 is 0 Å². The summed E-state index contributed by atoms with van der Waals surface area (Å²) in [6.45, 7) is 1.38. The normalized spacial score (nSPS) is 34.0. The van der Waals surface area contributed by atoms with Gasteiger partial charge in [-0.05, 0) is 31.1 Å². The third-order valence-corrected chi connectivity index (χ3v) is 5.34. The Morgan fingerprint density at radius 3 is 2.19 bits per heavy atom. The first-order chi connectivity index (χ1) is 9.97. The minimum Gasteiger partial charge on any atom is -0.347 e. The zero-order chi connectivity index (χ0) is 15.0. The fourth-order valence-electron chi connectivity index (χ4n) is 3.84. The maximum absolute atomic E-state index is 13.1. The van der Waals surface area contributed by atoms with E-state index in [1.807, 2.05) is 0 Å². The van der Waals surface area contributed by atoms with Gasteiger partial charge in [0.1, 0.15) is 5.92 Å². The van der Waals surface area contributed by atoms with Crippen LogP contribution in [-0.4, -0.2) is 42.3 Å². The van der Waals surface area contributed by atoms with Crippen LogP contribution < -0.4 is 5.32 Å². The third kappa shape index (κ3) is 2.90. The van der Waals surface area contributed by atoms with Crippen LogP contribution in [-0.2, 0) is 9.59 Å². The lowest BCUT2D eigenvalue weighted by molar-refractivity contribution is -0.163. The molecule has 3 rings (SSSR count). The van der Waals surface area contributed by atoms with Crippen molar-refractivity contribution in [1.29, 1.82) is 0 Å². The Bertz CT molecular complexity index is 427. The summed E-state index contributed by atoms with van der Waals surface area (Å²) in [4.78, 5) is 25.5. The highest BCUT2D eigenvalue weighted by molar-refractivity contribution is 5.87. The van der Waals surface area contributed by atoms with E-state index in [1.165, 1.54) is 25.7 Å². The summed E-state index contributed by atoms with van der Waals surface area (Å²) >= 11 is 0. The van der Waals surface area contributed by atoms with Crippen molar-refractivity contribution in [2.75, 3.05) is 19.6 Å². The van der Waals surface area contributed by atoms with E-state index in [1.54, 1.807) is 4.90 Å². The molecule has 3 fully saturated rings. The molecule has 2 saturated carbocycles. The Morgan fingerprint density at radius 1 is 1.10 bits per heavy atom. The van der Waals surface area contributed by atoms with Crippen molar-refractivity contribution in [2.45, 2.75) is 44.4 Å². The summed E-state index contributed by atoms with van der Waals surface area (Å²) in [6, 6.07) is 0. The number of halogens is 2. The molecule has 1 aliphatic heterocycles. The van der Waals surface area contributed by atoms with E-state index in [-0.39, 0.29) is 25.3 Å². The number of likely N-dealkylation sites (tertiary alicyclic amines) is 1. The van der Waals surface area contributed by atoms with E-state index in [4.69, 9.17) is 0 Å². The monoisotopic (exact) mass is 300 g/mol. The first-order valence-electron chi connectivity index (χ1n) is 7.90. The SMILES string of the molecule is O=C(NCC(=O)N1CC2CCCC[C@@H]2C1)C1CCC1(F)F. The summed E-state index contributed by atoms with van der Waals surface area (Å²) in [5.41, 5.74) is 0. The molecule has 1 saturated heterocycles. The Hall–Kier alpha value is -1.20. The molecule has 0 aromatic rings. The number of nitrogens with one attached hydrogen (secondary N) is 1. The molecule has 0 radical (unpaired) electrons. The molecule has 4 nitrogen and oxygen atoms in total. The minimum atomic E-state index is -2.89. The predicted octanol–water partition coefficient (Wildman–Crippen LogP) is 1.80. The van der Waals surface area contributed by atoms with Crippen LogP contribution in [0, 0.1) is 17.8 Å². The van der Waals surface area contributed by atoms with E-state index < -0.39 is 17.7 Å². The second-order valence-electron chi connectivity index (χ2n) is 6.67. The number of nitrogens with zero attached hydrogens (tertiary/aromatic N) is 1. The molecule has 0 aromatic heterocycles. The van der Waals surface area contributed by atoms with Gasteiger partial charge in [0.2, 0.25) is 11.8 Å². The van der Waals surface area contributed by atoms with Crippen LogP contribution in [0.1, 0.15) is 38.5 Å². The van der Waals surface area contributed by atoms with Crippen molar-refractivity contribution >= 4 is 11.8 Å². The number of rotatable bonds is 3. The van der Waals surface area contributed by atoms with Crippen LogP contribution in [0.25, 0.3) is 0 Å². The molecule has 0 aromatic carbocycles. The topological polar surface area (TPSA) is 49.4 Å². The standard InChI is InChI=1S/C15H22F2N2O2/c16-15(17)6-5-12(15)14(21)18-7-13(20)19-8-10-3-1-2-4-11(10)9-19/h10-12H,1-9H2,(H,18,21)/t10-,11?,12?/m1/s1. The molecule has 6 heteroatoms. The number of amides is 2. The lowest BCUT2D eigenvalue weighted by Gasteiger charge is -2.34. The summed E-state index contributed by atoms with van der Waals surface area (Å²) in [6.07, 6.45) is 4.80. The Kier molecular flexibility index (Phi) is 3.88. The number of carbonyl (C=O) groups excluding carboxylic acids is 2. The molecule has 21 heavy (non-hydrogen) atoms. The van der Waals surface area contributed by atoms with Crippen LogP contribution in [0.2, 0.25) is 0 Å². The van der Waals surface area contributed by atoms with Crippen molar-refractivity contribution in [3.05, 3.63) is 0 Å². The number of hydrogen-bond acceptors (Lipinski definition) is 2. The van der Waals surface area contributed by atoms with Gasteiger partial charge in [-0.15, -0.1) is 0 Å². The van der Waals surface area contributed by atoms with Crippen LogP contribution in [0.4, 0.5) is 8.78 Å². The molecule has 1 N–H and O–H groups in total. The highest BCUT2D eigenvalue weighted by Crippen LogP contribution is 2.43. The van der Waals surface area contributed by atoms with Crippen molar-refractivity contribution in [1.82, 2.24) is 10.2 Å². The first-order valence-corrected chi connectivity index (χ1v) is 7.90. The molecular weight excluding hydrogens is 278 g/mol. The predicted molar refractivity (Wildman–Crippen MR) is 72.7 cm³/mol. The van der Waals surface area contributed by atoms with Gasteiger partial charge in [0.25, 0.3) is 5.92 Å². The summed E-state index contributed by atoms with van der Waals surface area (Å²) in [7, 11) is 0. The zero-order valence-electron chi connectivity index (χ0n) is 12.1. The number of carbonyl (C=O) groups is 2. The quantitative estimate of drug-likeness (QED) is 0.864. The molecule has 1 heterocycles. The molecule has 3 aliphatic rings. The van der Waals surface area contributed by atoms with Gasteiger partial charge in [-0.1, -0.05) is 12.8 Å². The summed E-state index contributed by atoms with van der Waals surface area (Å²) in [5.74, 6) is -3.78. The molecule has 118 valence electrons. The van der Waals surface area contributed by atoms with Gasteiger partial charge in [-0.25, -0.2) is 8.78 Å². The number of alkyl halides is 2. The molecule has 2 aliphatic carbocycles. The molecule has 3 atom stereocenters. The highest BCUT2D eigenvalue weighted by atomic mass is 19.3. The van der Waals surface area contributed by atoms with Gasteiger partial charge in [-0.2, -0.15) is 0 Å². The third-order valence-electron chi connectivity index (χ3n) is 5.34. The summed E-state index contributed by atoms with van der Waals surface area (Å²) in [5, 5.41) is 2.39. The highest BCUT2D eigenvalue weighted by Gasteiger charge is 2.52. The average molecular weight is 300 g/mol. The van der Waals surface area contributed by atoms with E-state index >= 15 is 0 Å². The lowest BCUT2D eigenvalue weighted by atomic mass is 9.80. The van der Waals surface area contributed by atoms with E-state index in [9.17, 15) is 18.4 Å². The van der Waals surface area contributed by atoms with Crippen LogP contribution in [0.15, 0.2) is 0 Å². The van der Waals surface area contributed by atoms with Gasteiger partial charge in [0.15, 0.2) is 0 Å². The fraction of sp³-hybridized carbons (Fsp3) is 0.867. The second kappa shape index (κ2) is 5.54. The zero-order valence-corrected chi connectivity index (χ0v) is 12.1. The Balaban J connectivity index is 1.45. The maximum Gasteiger partial charge on any atom is 0.259 e. The van der Waals surface area contributed by atoms with E-state index in [0.717, 1.165) is 13.1 Å². The van der Waals surface area contributed by atoms with Gasteiger partial charge < -0.3 is 10.2 Å². The van der Waals surface area contributed by atoms with Crippen molar-refractivity contribution < 1.29 is 18.4 Å². The van der Waals surface area contributed by atoms with Crippen molar-refractivity contribution in [3.63, 3.8) is 0 Å². The number of fused-ring (bicyclic) bond motifs is 1. The smallest absolute Gasteiger partial charge is 0.259 e. The fourth-order valence-corrected chi connectivity index (χ4v) is 3.84. The molecular formula is C15H22F2N2O2. The van der Waals surface area contributed by atoms with Gasteiger partial charge in [-0.3, -0.25) is 9.59 Å². The maximum atomic E-state index is 13.1. The molecule has 0 spiro atoms. The van der Waals surface area contributed by atoms with E-state index in [2.05, 4.69) is 5.32 Å². The molecule has 2 unspecified atom stereocenters. The summed E-state index contributed by atoms with van der Waals surface area (Å²) < 4.78 is 26.2.